The number of ether oxygens (including phenoxy) is 2. The normalized spacial score (nSPS) is 12.0. The van der Waals surface area contributed by atoms with E-state index in [0.29, 0.717) is 5.90 Å². The van der Waals surface area contributed by atoms with Gasteiger partial charge in [0.25, 0.3) is 0 Å². The Morgan fingerprint density at radius 1 is 0.852 bits per heavy atom. The first-order valence-electron chi connectivity index (χ1n) is 8.89. The number of aryl methyl sites for hydroxylation is 2. The first-order valence-corrected chi connectivity index (χ1v) is 8.89. The third-order valence-electron chi connectivity index (χ3n) is 3.98. The van der Waals surface area contributed by atoms with Crippen LogP contribution in [0, 0.1) is 13.8 Å². The molecule has 0 spiro atoms. The molecule has 136 valence electrons. The van der Waals surface area contributed by atoms with Crippen LogP contribution in [0.4, 0.5) is 5.69 Å². The summed E-state index contributed by atoms with van der Waals surface area (Å²) in [6, 6.07) is 25.5. The van der Waals surface area contributed by atoms with Gasteiger partial charge in [0, 0.05) is 5.57 Å². The fourth-order valence-corrected chi connectivity index (χ4v) is 2.54. The van der Waals surface area contributed by atoms with E-state index < -0.39 is 0 Å². The lowest BCUT2D eigenvalue weighted by molar-refractivity contribution is 0.473. The van der Waals surface area contributed by atoms with Crippen molar-refractivity contribution in [1.29, 1.82) is 0 Å². The third-order valence-corrected chi connectivity index (χ3v) is 3.98. The molecule has 0 amide bonds. The van der Waals surface area contributed by atoms with Crippen molar-refractivity contribution in [2.75, 3.05) is 0 Å². The van der Waals surface area contributed by atoms with Crippen LogP contribution in [0.5, 0.6) is 11.5 Å². The van der Waals surface area contributed by atoms with Crippen molar-refractivity contribution in [2.45, 2.75) is 20.8 Å². The predicted octanol–water partition coefficient (Wildman–Crippen LogP) is 6.40. The molecule has 0 saturated heterocycles. The summed E-state index contributed by atoms with van der Waals surface area (Å²) in [5.74, 6) is 2.05. The van der Waals surface area contributed by atoms with Crippen LogP contribution in [0.1, 0.15) is 18.1 Å². The van der Waals surface area contributed by atoms with Gasteiger partial charge < -0.3 is 9.47 Å². The Labute approximate surface area is 160 Å². The molecule has 0 N–H and O–H groups in total. The van der Waals surface area contributed by atoms with Gasteiger partial charge in [0.15, 0.2) is 0 Å². The molecule has 3 aromatic carbocycles. The Morgan fingerprint density at radius 2 is 1.52 bits per heavy atom. The molecular weight excluding hydrogens is 334 g/mol. The standard InChI is InChI=1S/C24H23NO2/c1-18-14-15-23(19(2)16-18)27-24(25-21-10-6-4-7-11-21)20(3)17-26-22-12-8-5-9-13-22/h4-17H,1-3H3/b20-17+,25-24?. The lowest BCUT2D eigenvalue weighted by Gasteiger charge is -2.12. The van der Waals surface area contributed by atoms with Gasteiger partial charge in [0.2, 0.25) is 5.90 Å². The first-order chi connectivity index (χ1) is 13.1. The Kier molecular flexibility index (Phi) is 6.06. The second-order valence-corrected chi connectivity index (χ2v) is 6.36. The number of hydrogen-bond acceptors (Lipinski definition) is 3. The van der Waals surface area contributed by atoms with Crippen molar-refractivity contribution in [3.8, 4) is 11.5 Å². The van der Waals surface area contributed by atoms with Gasteiger partial charge >= 0.3 is 0 Å². The monoisotopic (exact) mass is 357 g/mol. The summed E-state index contributed by atoms with van der Waals surface area (Å²) in [5.41, 5.74) is 3.88. The van der Waals surface area contributed by atoms with Gasteiger partial charge in [-0.05, 0) is 56.7 Å². The van der Waals surface area contributed by atoms with Crippen molar-refractivity contribution in [3.05, 3.63) is 102 Å². The van der Waals surface area contributed by atoms with Gasteiger partial charge in [-0.3, -0.25) is 0 Å². The molecule has 27 heavy (non-hydrogen) atoms. The summed E-state index contributed by atoms with van der Waals surface area (Å²) in [6.07, 6.45) is 1.67. The highest BCUT2D eigenvalue weighted by Crippen LogP contribution is 2.22. The van der Waals surface area contributed by atoms with Crippen molar-refractivity contribution in [3.63, 3.8) is 0 Å². The molecule has 3 aromatic rings. The third kappa shape index (κ3) is 5.32. The average Bonchev–Trinajstić information content (AvgIpc) is 2.69. The summed E-state index contributed by atoms with van der Waals surface area (Å²) in [5, 5.41) is 0. The lowest BCUT2D eigenvalue weighted by atomic mass is 10.1. The van der Waals surface area contributed by atoms with Crippen LogP contribution in [0.15, 0.2) is 95.7 Å². The molecule has 3 heteroatoms. The molecule has 0 fully saturated rings. The molecule has 3 rings (SSSR count). The molecule has 0 radical (unpaired) electrons. The van der Waals surface area contributed by atoms with Crippen molar-refractivity contribution in [2.24, 2.45) is 4.99 Å². The SMILES string of the molecule is C/C(=C\Oc1ccccc1)C(=Nc1ccccc1)Oc1ccc(C)cc1C. The summed E-state index contributed by atoms with van der Waals surface area (Å²) >= 11 is 0. The Balaban J connectivity index is 1.90. The summed E-state index contributed by atoms with van der Waals surface area (Å²) in [7, 11) is 0. The zero-order valence-corrected chi connectivity index (χ0v) is 15.8. The van der Waals surface area contributed by atoms with E-state index in [1.165, 1.54) is 5.56 Å². The highest BCUT2D eigenvalue weighted by Gasteiger charge is 2.10. The molecule has 0 aromatic heterocycles. The number of para-hydroxylation sites is 2. The van der Waals surface area contributed by atoms with E-state index in [0.717, 1.165) is 28.3 Å². The number of benzene rings is 3. The molecule has 0 aliphatic carbocycles. The Hall–Kier alpha value is -3.33. The summed E-state index contributed by atoms with van der Waals surface area (Å²) < 4.78 is 11.9. The van der Waals surface area contributed by atoms with Gasteiger partial charge in [0.05, 0.1) is 11.9 Å². The Bertz CT molecular complexity index is 945. The Morgan fingerprint density at radius 3 is 2.19 bits per heavy atom. The van der Waals surface area contributed by atoms with Crippen LogP contribution in [0.2, 0.25) is 0 Å². The highest BCUT2D eigenvalue weighted by atomic mass is 16.5. The van der Waals surface area contributed by atoms with Gasteiger partial charge in [-0.2, -0.15) is 0 Å². The average molecular weight is 357 g/mol. The summed E-state index contributed by atoms with van der Waals surface area (Å²) in [6.45, 7) is 6.02. The fraction of sp³-hybridized carbons (Fsp3) is 0.125. The van der Waals surface area contributed by atoms with Crippen LogP contribution in [-0.2, 0) is 0 Å². The summed E-state index contributed by atoms with van der Waals surface area (Å²) in [4.78, 5) is 4.68. The second kappa shape index (κ2) is 8.86. The molecular formula is C24H23NO2. The molecule has 3 nitrogen and oxygen atoms in total. The number of rotatable bonds is 5. The molecule has 0 aliphatic heterocycles. The topological polar surface area (TPSA) is 30.8 Å². The van der Waals surface area contributed by atoms with E-state index in [4.69, 9.17) is 9.47 Å². The molecule has 0 saturated carbocycles. The maximum Gasteiger partial charge on any atom is 0.225 e. The second-order valence-electron chi connectivity index (χ2n) is 6.36. The van der Waals surface area contributed by atoms with Gasteiger partial charge in [-0.15, -0.1) is 0 Å². The van der Waals surface area contributed by atoms with E-state index in [-0.39, 0.29) is 0 Å². The number of nitrogens with zero attached hydrogens (tertiary/aromatic N) is 1. The maximum atomic E-state index is 6.16. The van der Waals surface area contributed by atoms with Crippen LogP contribution in [0.3, 0.4) is 0 Å². The van der Waals surface area contributed by atoms with Gasteiger partial charge in [-0.25, -0.2) is 4.99 Å². The van der Waals surface area contributed by atoms with Crippen molar-refractivity contribution in [1.82, 2.24) is 0 Å². The van der Waals surface area contributed by atoms with Crippen LogP contribution >= 0.6 is 0 Å². The van der Waals surface area contributed by atoms with E-state index in [9.17, 15) is 0 Å². The van der Waals surface area contributed by atoms with Crippen LogP contribution < -0.4 is 9.47 Å². The predicted molar refractivity (Wildman–Crippen MR) is 111 cm³/mol. The molecule has 0 bridgehead atoms. The number of hydrogen-bond donors (Lipinski definition) is 0. The zero-order valence-electron chi connectivity index (χ0n) is 15.8. The van der Waals surface area contributed by atoms with Crippen molar-refractivity contribution >= 4 is 11.6 Å². The van der Waals surface area contributed by atoms with E-state index in [2.05, 4.69) is 18.0 Å². The lowest BCUT2D eigenvalue weighted by Crippen LogP contribution is -2.11. The van der Waals surface area contributed by atoms with Gasteiger partial charge in [-0.1, -0.05) is 54.1 Å². The minimum atomic E-state index is 0.504. The minimum Gasteiger partial charge on any atom is -0.465 e. The fourth-order valence-electron chi connectivity index (χ4n) is 2.54. The smallest absolute Gasteiger partial charge is 0.225 e. The van der Waals surface area contributed by atoms with Gasteiger partial charge in [0.1, 0.15) is 11.5 Å². The van der Waals surface area contributed by atoms with Crippen LogP contribution in [0.25, 0.3) is 0 Å². The van der Waals surface area contributed by atoms with Crippen molar-refractivity contribution < 1.29 is 9.47 Å². The van der Waals surface area contributed by atoms with E-state index in [1.807, 2.05) is 86.6 Å². The molecule has 0 unspecified atom stereocenters. The highest BCUT2D eigenvalue weighted by molar-refractivity contribution is 5.96. The molecule has 0 heterocycles. The molecule has 0 atom stereocenters. The maximum absolute atomic E-state index is 6.16. The molecule has 0 aliphatic rings. The van der Waals surface area contributed by atoms with Crippen LogP contribution in [-0.4, -0.2) is 5.90 Å². The zero-order chi connectivity index (χ0) is 19.1. The quantitative estimate of drug-likeness (QED) is 0.301. The largest absolute Gasteiger partial charge is 0.465 e. The first kappa shape index (κ1) is 18.5. The minimum absolute atomic E-state index is 0.504. The van der Waals surface area contributed by atoms with E-state index >= 15 is 0 Å². The van der Waals surface area contributed by atoms with E-state index in [1.54, 1.807) is 6.26 Å². The number of aliphatic imine (C=N–C) groups is 1.